The molecule has 0 radical (unpaired) electrons. The average molecular weight is 499 g/mol. The zero-order chi connectivity index (χ0) is 26.1. The molecule has 1 unspecified atom stereocenters. The number of amides is 4. The van der Waals surface area contributed by atoms with Crippen LogP contribution in [-0.4, -0.2) is 53.7 Å². The zero-order valence-corrected chi connectivity index (χ0v) is 21.1. The lowest BCUT2D eigenvalue weighted by atomic mass is 10.0. The van der Waals surface area contributed by atoms with Crippen molar-refractivity contribution in [2.75, 3.05) is 18.4 Å². The van der Waals surface area contributed by atoms with Crippen LogP contribution < -0.4 is 16.0 Å². The van der Waals surface area contributed by atoms with E-state index in [1.807, 2.05) is 18.2 Å². The van der Waals surface area contributed by atoms with Gasteiger partial charge in [0.1, 0.15) is 11.4 Å². The Labute approximate surface area is 211 Å². The van der Waals surface area contributed by atoms with E-state index >= 15 is 0 Å². The van der Waals surface area contributed by atoms with Crippen molar-refractivity contribution in [3.05, 3.63) is 66.0 Å². The second kappa shape index (κ2) is 12.4. The van der Waals surface area contributed by atoms with Gasteiger partial charge in [-0.05, 0) is 63.8 Å². The van der Waals surface area contributed by atoms with Gasteiger partial charge in [-0.15, -0.1) is 0 Å². The number of urea groups is 1. The van der Waals surface area contributed by atoms with Gasteiger partial charge in [0.2, 0.25) is 5.91 Å². The number of carbonyl (C=O) groups excluding carboxylic acids is 3. The van der Waals surface area contributed by atoms with Crippen molar-refractivity contribution in [2.24, 2.45) is 0 Å². The third-order valence-electron chi connectivity index (χ3n) is 5.79. The summed E-state index contributed by atoms with van der Waals surface area (Å²) in [6.07, 6.45) is 1.05. The van der Waals surface area contributed by atoms with Crippen LogP contribution in [0.2, 0.25) is 0 Å². The number of anilines is 1. The molecule has 0 aliphatic carbocycles. The molecule has 0 bridgehead atoms. The molecule has 0 spiro atoms. The lowest BCUT2D eigenvalue weighted by Gasteiger charge is -2.28. The van der Waals surface area contributed by atoms with Gasteiger partial charge in [0.05, 0.1) is 0 Å². The molecule has 2 aromatic carbocycles. The van der Waals surface area contributed by atoms with Gasteiger partial charge in [-0.2, -0.15) is 0 Å². The van der Waals surface area contributed by atoms with E-state index in [0.29, 0.717) is 24.3 Å². The maximum absolute atomic E-state index is 14.3. The van der Waals surface area contributed by atoms with Crippen molar-refractivity contribution in [1.82, 2.24) is 15.5 Å². The predicted molar refractivity (Wildman–Crippen MR) is 136 cm³/mol. The Balaban J connectivity index is 1.61. The van der Waals surface area contributed by atoms with E-state index in [2.05, 4.69) is 16.0 Å². The van der Waals surface area contributed by atoms with E-state index < -0.39 is 23.6 Å². The summed E-state index contributed by atoms with van der Waals surface area (Å²) in [5.41, 5.74) is 0.380. The number of benzene rings is 2. The number of ether oxygens (including phenoxy) is 1. The maximum Gasteiger partial charge on any atom is 0.407 e. The van der Waals surface area contributed by atoms with Crippen LogP contribution in [0.1, 0.15) is 45.6 Å². The molecule has 2 aromatic rings. The number of carbonyl (C=O) groups is 3. The molecule has 36 heavy (non-hydrogen) atoms. The Morgan fingerprint density at radius 2 is 1.78 bits per heavy atom. The molecule has 1 heterocycles. The van der Waals surface area contributed by atoms with E-state index in [4.69, 9.17) is 4.74 Å². The number of likely N-dealkylation sites (tertiary alicyclic amines) is 1. The molecule has 0 aromatic heterocycles. The van der Waals surface area contributed by atoms with Gasteiger partial charge < -0.3 is 25.6 Å². The van der Waals surface area contributed by atoms with E-state index in [1.54, 1.807) is 56.0 Å². The minimum atomic E-state index is -0.706. The first kappa shape index (κ1) is 27.0. The Hall–Kier alpha value is -3.62. The van der Waals surface area contributed by atoms with Gasteiger partial charge in [0.15, 0.2) is 0 Å². The molecule has 3 N–H and O–H groups in total. The van der Waals surface area contributed by atoms with Crippen molar-refractivity contribution in [3.63, 3.8) is 0 Å². The summed E-state index contributed by atoms with van der Waals surface area (Å²) in [7, 11) is 0. The highest BCUT2D eigenvalue weighted by atomic mass is 19.1. The third-order valence-corrected chi connectivity index (χ3v) is 5.79. The van der Waals surface area contributed by atoms with Crippen molar-refractivity contribution < 1.29 is 23.5 Å². The number of para-hydroxylation sites is 1. The minimum absolute atomic E-state index is 0.0136. The minimum Gasteiger partial charge on any atom is -0.444 e. The lowest BCUT2D eigenvalue weighted by molar-refractivity contribution is -0.132. The Kier molecular flexibility index (Phi) is 9.27. The van der Waals surface area contributed by atoms with Gasteiger partial charge in [-0.1, -0.05) is 36.4 Å². The smallest absolute Gasteiger partial charge is 0.407 e. The molecule has 1 aliphatic rings. The number of halogens is 1. The second-order valence-corrected chi connectivity index (χ2v) is 9.93. The van der Waals surface area contributed by atoms with E-state index in [-0.39, 0.29) is 30.8 Å². The first-order chi connectivity index (χ1) is 17.1. The van der Waals surface area contributed by atoms with Gasteiger partial charge in [-0.3, -0.25) is 4.79 Å². The Bertz CT molecular complexity index is 1040. The van der Waals surface area contributed by atoms with Crippen LogP contribution in [0, 0.1) is 5.82 Å². The molecule has 2 atom stereocenters. The highest BCUT2D eigenvalue weighted by molar-refractivity contribution is 5.89. The average Bonchev–Trinajstić information content (AvgIpc) is 3.27. The number of nitrogens with one attached hydrogen (secondary N) is 3. The van der Waals surface area contributed by atoms with Crippen LogP contribution >= 0.6 is 0 Å². The van der Waals surface area contributed by atoms with Crippen molar-refractivity contribution >= 4 is 23.7 Å². The number of hydrogen-bond acceptors (Lipinski definition) is 4. The lowest BCUT2D eigenvalue weighted by Crippen LogP contribution is -2.47. The van der Waals surface area contributed by atoms with Crippen LogP contribution in [0.5, 0.6) is 0 Å². The van der Waals surface area contributed by atoms with Crippen LogP contribution in [-0.2, 0) is 16.0 Å². The number of hydrogen-bond donors (Lipinski definition) is 3. The van der Waals surface area contributed by atoms with Gasteiger partial charge in [0, 0.05) is 37.3 Å². The fourth-order valence-corrected chi connectivity index (χ4v) is 4.19. The van der Waals surface area contributed by atoms with Crippen LogP contribution in [0.15, 0.2) is 54.6 Å². The fourth-order valence-electron chi connectivity index (χ4n) is 4.19. The molecule has 1 fully saturated rings. The van der Waals surface area contributed by atoms with E-state index in [9.17, 15) is 18.8 Å². The largest absolute Gasteiger partial charge is 0.444 e. The molecule has 1 saturated heterocycles. The first-order valence-corrected chi connectivity index (χ1v) is 12.2. The molecular weight excluding hydrogens is 463 g/mol. The summed E-state index contributed by atoms with van der Waals surface area (Å²) in [6, 6.07) is 14.2. The summed E-state index contributed by atoms with van der Waals surface area (Å²) in [5.74, 6) is -0.561. The van der Waals surface area contributed by atoms with Gasteiger partial charge in [0.25, 0.3) is 0 Å². The van der Waals surface area contributed by atoms with Gasteiger partial charge >= 0.3 is 12.1 Å². The van der Waals surface area contributed by atoms with E-state index in [1.165, 1.54) is 6.07 Å². The second-order valence-electron chi connectivity index (χ2n) is 9.93. The monoisotopic (exact) mass is 498 g/mol. The summed E-state index contributed by atoms with van der Waals surface area (Å²) >= 11 is 0. The molecule has 0 saturated carbocycles. The molecular formula is C27H35FN4O4. The molecule has 3 rings (SSSR count). The SMILES string of the molecule is CC(C)(C)OC(=O)NC(CC(=O)N1CCC[C@H]1CNC(=O)Nc1ccccc1)Cc1ccccc1F. The fraction of sp³-hybridized carbons (Fsp3) is 0.444. The highest BCUT2D eigenvalue weighted by Gasteiger charge is 2.31. The van der Waals surface area contributed by atoms with Crippen LogP contribution in [0.25, 0.3) is 0 Å². The molecule has 4 amide bonds. The molecule has 8 nitrogen and oxygen atoms in total. The van der Waals surface area contributed by atoms with Crippen molar-refractivity contribution in [3.8, 4) is 0 Å². The Morgan fingerprint density at radius 3 is 2.47 bits per heavy atom. The summed E-state index contributed by atoms with van der Waals surface area (Å²) in [5, 5.41) is 8.34. The zero-order valence-electron chi connectivity index (χ0n) is 21.1. The molecule has 1 aliphatic heterocycles. The van der Waals surface area contributed by atoms with Crippen molar-refractivity contribution in [1.29, 1.82) is 0 Å². The highest BCUT2D eigenvalue weighted by Crippen LogP contribution is 2.20. The summed E-state index contributed by atoms with van der Waals surface area (Å²) in [6.45, 7) is 6.12. The van der Waals surface area contributed by atoms with Crippen molar-refractivity contribution in [2.45, 2.75) is 64.1 Å². The molecule has 9 heteroatoms. The summed E-state index contributed by atoms with van der Waals surface area (Å²) < 4.78 is 19.7. The van der Waals surface area contributed by atoms with Gasteiger partial charge in [-0.25, -0.2) is 14.0 Å². The molecule has 194 valence electrons. The summed E-state index contributed by atoms with van der Waals surface area (Å²) in [4.78, 5) is 39.7. The van der Waals surface area contributed by atoms with Crippen LogP contribution in [0.4, 0.5) is 19.7 Å². The van der Waals surface area contributed by atoms with Crippen LogP contribution in [0.3, 0.4) is 0 Å². The number of alkyl carbamates (subject to hydrolysis) is 1. The number of nitrogens with zero attached hydrogens (tertiary/aromatic N) is 1. The van der Waals surface area contributed by atoms with E-state index in [0.717, 1.165) is 12.8 Å². The normalized spacial score (nSPS) is 16.2. The predicted octanol–water partition coefficient (Wildman–Crippen LogP) is 4.46. The maximum atomic E-state index is 14.3. The Morgan fingerprint density at radius 1 is 1.08 bits per heavy atom. The third kappa shape index (κ3) is 8.55. The topological polar surface area (TPSA) is 99.8 Å². The quantitative estimate of drug-likeness (QED) is 0.500. The standard InChI is InChI=1S/C27H35FN4O4/c1-27(2,3)36-26(35)31-21(16-19-10-7-8-14-23(19)28)17-24(33)32-15-9-13-22(32)18-29-25(34)30-20-11-5-4-6-12-20/h4-8,10-12,14,21-22H,9,13,15-18H2,1-3H3,(H,31,35)(H2,29,30,34)/t21?,22-/m0/s1. The number of rotatable bonds is 8. The first-order valence-electron chi connectivity index (χ1n) is 12.2.